The van der Waals surface area contributed by atoms with Crippen LogP contribution >= 0.6 is 36.2 Å². The third-order valence-electron chi connectivity index (χ3n) is 4.12. The number of nitrogens with one attached hydrogen (secondary N) is 1. The molecule has 1 aliphatic heterocycles. The van der Waals surface area contributed by atoms with Crippen LogP contribution in [0.5, 0.6) is 0 Å². The van der Waals surface area contributed by atoms with Gasteiger partial charge in [-0.3, -0.25) is 4.79 Å². The average Bonchev–Trinajstić information content (AvgIpc) is 2.85. The highest BCUT2D eigenvalue weighted by Gasteiger charge is 2.23. The highest BCUT2D eigenvalue weighted by atomic mass is 35.5. The Labute approximate surface area is 149 Å². The lowest BCUT2D eigenvalue weighted by Crippen LogP contribution is -2.36. The molecule has 0 spiro atoms. The lowest BCUT2D eigenvalue weighted by atomic mass is 9.85. The smallest absolute Gasteiger partial charge is 0.222 e. The van der Waals surface area contributed by atoms with Gasteiger partial charge in [0, 0.05) is 24.5 Å². The second kappa shape index (κ2) is 10.4. The van der Waals surface area contributed by atoms with Gasteiger partial charge in [-0.1, -0.05) is 6.92 Å². The fourth-order valence-electron chi connectivity index (χ4n) is 2.76. The number of piperidine rings is 1. The minimum atomic E-state index is 0. The fourth-order valence-corrected chi connectivity index (χ4v) is 3.61. The Hall–Kier alpha value is -0.360. The first-order valence-corrected chi connectivity index (χ1v) is 8.24. The van der Waals surface area contributed by atoms with Gasteiger partial charge in [0.15, 0.2) is 0 Å². The number of halogens is 2. The topological polar surface area (TPSA) is 45.2 Å². The zero-order valence-electron chi connectivity index (χ0n) is 13.5. The van der Waals surface area contributed by atoms with Crippen LogP contribution in [0, 0.1) is 18.8 Å². The first-order valence-electron chi connectivity index (χ1n) is 7.42. The summed E-state index contributed by atoms with van der Waals surface area (Å²) < 4.78 is 0. The predicted octanol–water partition coefficient (Wildman–Crippen LogP) is 3.28. The first-order chi connectivity index (χ1) is 9.56. The number of nitrogens with zero attached hydrogens (tertiary/aromatic N) is 2. The summed E-state index contributed by atoms with van der Waals surface area (Å²) in [6, 6.07) is 0. The van der Waals surface area contributed by atoms with Crippen molar-refractivity contribution in [3.8, 4) is 0 Å². The molecule has 4 nitrogen and oxygen atoms in total. The summed E-state index contributed by atoms with van der Waals surface area (Å²) >= 11 is 1.67. The van der Waals surface area contributed by atoms with Crippen LogP contribution in [0.25, 0.3) is 0 Å². The molecule has 2 rings (SSSR count). The summed E-state index contributed by atoms with van der Waals surface area (Å²) in [6.45, 7) is 7.07. The fraction of sp³-hybridized carbons (Fsp3) is 0.733. The molecule has 2 unspecified atom stereocenters. The van der Waals surface area contributed by atoms with Gasteiger partial charge in [-0.25, -0.2) is 4.98 Å². The molecule has 0 bridgehead atoms. The molecule has 1 aromatic heterocycles. The van der Waals surface area contributed by atoms with Crippen LogP contribution in [0.3, 0.4) is 0 Å². The van der Waals surface area contributed by atoms with E-state index in [9.17, 15) is 4.79 Å². The number of carbonyl (C=O) groups is 1. The maximum atomic E-state index is 12.3. The van der Waals surface area contributed by atoms with E-state index in [2.05, 4.69) is 17.2 Å². The SMILES string of the molecule is Cc1ncc(CN(C)C(=O)CC(C)C2CCCNC2)s1.Cl.Cl. The lowest BCUT2D eigenvalue weighted by Gasteiger charge is -2.29. The number of rotatable bonds is 5. The summed E-state index contributed by atoms with van der Waals surface area (Å²) in [6.07, 6.45) is 5.01. The number of carbonyl (C=O) groups excluding carboxylic acids is 1. The minimum absolute atomic E-state index is 0. The monoisotopic (exact) mass is 367 g/mol. The van der Waals surface area contributed by atoms with Gasteiger partial charge in [0.05, 0.1) is 11.6 Å². The molecular formula is C15H27Cl2N3OS. The van der Waals surface area contributed by atoms with Crippen molar-refractivity contribution >= 4 is 42.1 Å². The molecule has 1 fully saturated rings. The van der Waals surface area contributed by atoms with Gasteiger partial charge in [-0.2, -0.15) is 0 Å². The van der Waals surface area contributed by atoms with Crippen molar-refractivity contribution in [2.75, 3.05) is 20.1 Å². The molecule has 7 heteroatoms. The maximum absolute atomic E-state index is 12.3. The molecule has 1 aliphatic rings. The zero-order chi connectivity index (χ0) is 14.5. The molecule has 1 amide bonds. The van der Waals surface area contributed by atoms with Gasteiger partial charge < -0.3 is 10.2 Å². The molecule has 1 aromatic rings. The highest BCUT2D eigenvalue weighted by molar-refractivity contribution is 7.11. The summed E-state index contributed by atoms with van der Waals surface area (Å²) in [7, 11) is 1.89. The van der Waals surface area contributed by atoms with E-state index in [1.165, 1.54) is 12.8 Å². The van der Waals surface area contributed by atoms with E-state index in [0.717, 1.165) is 23.0 Å². The molecule has 0 aliphatic carbocycles. The standard InChI is InChI=1S/C15H25N3OS.2ClH/c1-11(13-5-4-6-16-8-13)7-15(19)18(3)10-14-9-17-12(2)20-14;;/h9,11,13,16H,4-8,10H2,1-3H3;2*1H. The van der Waals surface area contributed by atoms with E-state index in [4.69, 9.17) is 0 Å². The van der Waals surface area contributed by atoms with Crippen LogP contribution in [0.1, 0.15) is 36.1 Å². The van der Waals surface area contributed by atoms with Crippen LogP contribution in [0.4, 0.5) is 0 Å². The van der Waals surface area contributed by atoms with Crippen molar-refractivity contribution < 1.29 is 4.79 Å². The molecule has 0 aromatic carbocycles. The van der Waals surface area contributed by atoms with Gasteiger partial charge in [-0.15, -0.1) is 36.2 Å². The van der Waals surface area contributed by atoms with E-state index in [0.29, 0.717) is 24.8 Å². The third-order valence-corrected chi connectivity index (χ3v) is 5.02. The number of aryl methyl sites for hydroxylation is 1. The normalized spacial score (nSPS) is 18.8. The van der Waals surface area contributed by atoms with Crippen LogP contribution in [0.15, 0.2) is 6.20 Å². The largest absolute Gasteiger partial charge is 0.341 e. The molecule has 1 N–H and O–H groups in total. The Bertz CT molecular complexity index is 450. The predicted molar refractivity (Wildman–Crippen MR) is 97.2 cm³/mol. The molecule has 128 valence electrons. The van der Waals surface area contributed by atoms with Crippen molar-refractivity contribution in [1.82, 2.24) is 15.2 Å². The molecule has 2 atom stereocenters. The number of hydrogen-bond donors (Lipinski definition) is 1. The lowest BCUT2D eigenvalue weighted by molar-refractivity contribution is -0.131. The van der Waals surface area contributed by atoms with Crippen molar-refractivity contribution in [3.05, 3.63) is 16.1 Å². The van der Waals surface area contributed by atoms with E-state index >= 15 is 0 Å². The maximum Gasteiger partial charge on any atom is 0.222 e. The van der Waals surface area contributed by atoms with E-state index in [1.807, 2.05) is 25.1 Å². The second-order valence-electron chi connectivity index (χ2n) is 5.88. The highest BCUT2D eigenvalue weighted by Crippen LogP contribution is 2.23. The Balaban J connectivity index is 0.00000220. The van der Waals surface area contributed by atoms with Gasteiger partial charge in [-0.05, 0) is 44.7 Å². The van der Waals surface area contributed by atoms with Gasteiger partial charge >= 0.3 is 0 Å². The van der Waals surface area contributed by atoms with Crippen LogP contribution < -0.4 is 5.32 Å². The summed E-state index contributed by atoms with van der Waals surface area (Å²) in [4.78, 5) is 19.5. The molecule has 2 heterocycles. The zero-order valence-corrected chi connectivity index (χ0v) is 16.0. The quantitative estimate of drug-likeness (QED) is 0.868. The van der Waals surface area contributed by atoms with Crippen LogP contribution in [0.2, 0.25) is 0 Å². The molecule has 0 radical (unpaired) electrons. The third kappa shape index (κ3) is 6.41. The van der Waals surface area contributed by atoms with Gasteiger partial charge in [0.1, 0.15) is 0 Å². The van der Waals surface area contributed by atoms with E-state index in [-0.39, 0.29) is 30.7 Å². The molecule has 0 saturated carbocycles. The molecule has 22 heavy (non-hydrogen) atoms. The van der Waals surface area contributed by atoms with Gasteiger partial charge in [0.25, 0.3) is 0 Å². The van der Waals surface area contributed by atoms with Crippen molar-refractivity contribution in [2.45, 2.75) is 39.7 Å². The summed E-state index contributed by atoms with van der Waals surface area (Å²) in [5.41, 5.74) is 0. The van der Waals surface area contributed by atoms with Crippen molar-refractivity contribution in [3.63, 3.8) is 0 Å². The number of aromatic nitrogens is 1. The number of hydrogen-bond acceptors (Lipinski definition) is 4. The Morgan fingerprint density at radius 3 is 2.82 bits per heavy atom. The van der Waals surface area contributed by atoms with Crippen molar-refractivity contribution in [1.29, 1.82) is 0 Å². The number of amides is 1. The Morgan fingerprint density at radius 2 is 2.27 bits per heavy atom. The Kier molecular flexibility index (Phi) is 10.3. The summed E-state index contributed by atoms with van der Waals surface area (Å²) in [5.74, 6) is 1.35. The first kappa shape index (κ1) is 21.6. The van der Waals surface area contributed by atoms with E-state index in [1.54, 1.807) is 11.3 Å². The van der Waals surface area contributed by atoms with Crippen LogP contribution in [-0.4, -0.2) is 35.9 Å². The average molecular weight is 368 g/mol. The number of thiazole rings is 1. The van der Waals surface area contributed by atoms with Crippen molar-refractivity contribution in [2.24, 2.45) is 11.8 Å². The van der Waals surface area contributed by atoms with E-state index < -0.39 is 0 Å². The van der Waals surface area contributed by atoms with Crippen LogP contribution in [-0.2, 0) is 11.3 Å². The summed E-state index contributed by atoms with van der Waals surface area (Å²) in [5, 5.41) is 4.49. The Morgan fingerprint density at radius 1 is 1.55 bits per heavy atom. The minimum Gasteiger partial charge on any atom is -0.341 e. The molecular weight excluding hydrogens is 341 g/mol. The molecule has 1 saturated heterocycles. The second-order valence-corrected chi connectivity index (χ2v) is 7.20. The van der Waals surface area contributed by atoms with Gasteiger partial charge in [0.2, 0.25) is 5.91 Å².